The molecule has 1 aromatic carbocycles. The zero-order valence-corrected chi connectivity index (χ0v) is 13.6. The van der Waals surface area contributed by atoms with Crippen molar-refractivity contribution < 1.29 is 0 Å². The van der Waals surface area contributed by atoms with Crippen molar-refractivity contribution in [3.63, 3.8) is 0 Å². The third-order valence-corrected chi connectivity index (χ3v) is 3.92. The molecule has 0 heterocycles. The van der Waals surface area contributed by atoms with E-state index >= 15 is 0 Å². The average Bonchev–Trinajstić information content (AvgIpc) is 2.47. The van der Waals surface area contributed by atoms with Crippen molar-refractivity contribution in [2.24, 2.45) is 5.73 Å². The monoisotopic (exact) mass is 276 g/mol. The Morgan fingerprint density at radius 1 is 0.950 bits per heavy atom. The zero-order valence-electron chi connectivity index (χ0n) is 13.6. The van der Waals surface area contributed by atoms with Crippen molar-refractivity contribution in [3.8, 4) is 0 Å². The van der Waals surface area contributed by atoms with Crippen LogP contribution in [-0.2, 0) is 0 Å². The first-order chi connectivity index (χ1) is 9.67. The molecule has 0 saturated heterocycles. The summed E-state index contributed by atoms with van der Waals surface area (Å²) in [6, 6.07) is 8.81. The molecule has 1 rings (SSSR count). The van der Waals surface area contributed by atoms with Crippen LogP contribution in [0.1, 0.15) is 63.1 Å². The van der Waals surface area contributed by atoms with Crippen molar-refractivity contribution >= 4 is 0 Å². The van der Waals surface area contributed by atoms with Crippen molar-refractivity contribution in [3.05, 3.63) is 35.4 Å². The molecule has 1 atom stereocenters. The molecular weight excluding hydrogens is 244 g/mol. The Kier molecular flexibility index (Phi) is 8.56. The summed E-state index contributed by atoms with van der Waals surface area (Å²) in [6.45, 7) is 10.2. The van der Waals surface area contributed by atoms with Gasteiger partial charge >= 0.3 is 0 Å². The molecule has 0 spiro atoms. The van der Waals surface area contributed by atoms with E-state index in [4.69, 9.17) is 5.73 Å². The quantitative estimate of drug-likeness (QED) is 0.691. The fourth-order valence-electron chi connectivity index (χ4n) is 2.40. The third-order valence-electron chi connectivity index (χ3n) is 3.92. The lowest BCUT2D eigenvalue weighted by atomic mass is 10.0. The average molecular weight is 276 g/mol. The second-order valence-electron chi connectivity index (χ2n) is 5.85. The first kappa shape index (κ1) is 17.2. The summed E-state index contributed by atoms with van der Waals surface area (Å²) in [7, 11) is 0. The number of benzene rings is 1. The van der Waals surface area contributed by atoms with Gasteiger partial charge in [0, 0.05) is 6.04 Å². The number of nitrogens with zero attached hydrogens (tertiary/aromatic N) is 1. The van der Waals surface area contributed by atoms with E-state index in [-0.39, 0.29) is 6.04 Å². The van der Waals surface area contributed by atoms with E-state index in [2.05, 4.69) is 49.9 Å². The molecule has 2 nitrogen and oxygen atoms in total. The molecule has 0 aliphatic carbocycles. The maximum absolute atomic E-state index is 6.32. The van der Waals surface area contributed by atoms with Crippen LogP contribution in [0.25, 0.3) is 0 Å². The lowest BCUT2D eigenvalue weighted by molar-refractivity contribution is 0.255. The highest BCUT2D eigenvalue weighted by Crippen LogP contribution is 2.15. The minimum absolute atomic E-state index is 0.168. The van der Waals surface area contributed by atoms with Crippen LogP contribution in [0.5, 0.6) is 0 Å². The summed E-state index contributed by atoms with van der Waals surface area (Å²) < 4.78 is 0. The summed E-state index contributed by atoms with van der Waals surface area (Å²) in [6.07, 6.45) is 6.18. The Morgan fingerprint density at radius 2 is 1.50 bits per heavy atom. The van der Waals surface area contributed by atoms with Gasteiger partial charge < -0.3 is 10.6 Å². The smallest absolute Gasteiger partial charge is 0.0307 e. The predicted octanol–water partition coefficient (Wildman–Crippen LogP) is 4.29. The van der Waals surface area contributed by atoms with Gasteiger partial charge in [-0.15, -0.1) is 0 Å². The molecule has 0 saturated carbocycles. The number of rotatable bonds is 10. The van der Waals surface area contributed by atoms with Gasteiger partial charge in [0.2, 0.25) is 0 Å². The largest absolute Gasteiger partial charge is 0.324 e. The van der Waals surface area contributed by atoms with Crippen LogP contribution in [0, 0.1) is 6.92 Å². The van der Waals surface area contributed by atoms with E-state index in [1.807, 2.05) is 0 Å². The molecule has 114 valence electrons. The Balaban J connectivity index is 2.41. The first-order valence-corrected chi connectivity index (χ1v) is 8.21. The van der Waals surface area contributed by atoms with Gasteiger partial charge in [-0.2, -0.15) is 0 Å². The Labute approximate surface area is 125 Å². The van der Waals surface area contributed by atoms with E-state index in [1.165, 1.54) is 49.9 Å². The summed E-state index contributed by atoms with van der Waals surface area (Å²) in [5.41, 5.74) is 8.89. The van der Waals surface area contributed by atoms with Gasteiger partial charge in [0.25, 0.3) is 0 Å². The van der Waals surface area contributed by atoms with Gasteiger partial charge in [-0.3, -0.25) is 0 Å². The van der Waals surface area contributed by atoms with Crippen LogP contribution in [0.4, 0.5) is 0 Å². The summed E-state index contributed by atoms with van der Waals surface area (Å²) in [4.78, 5) is 2.58. The van der Waals surface area contributed by atoms with Crippen LogP contribution in [0.15, 0.2) is 24.3 Å². The maximum Gasteiger partial charge on any atom is 0.0307 e. The summed E-state index contributed by atoms with van der Waals surface area (Å²) in [5, 5.41) is 0. The third kappa shape index (κ3) is 6.53. The molecule has 2 N–H and O–H groups in total. The predicted molar refractivity (Wildman–Crippen MR) is 89.0 cm³/mol. The molecule has 0 amide bonds. The van der Waals surface area contributed by atoms with Crippen LogP contribution in [0.3, 0.4) is 0 Å². The second kappa shape index (κ2) is 9.95. The SMILES string of the molecule is CCCCN(CCCC)CCC(N)c1ccc(C)cc1. The second-order valence-corrected chi connectivity index (χ2v) is 5.85. The molecule has 0 radical (unpaired) electrons. The highest BCUT2D eigenvalue weighted by atomic mass is 15.1. The lowest BCUT2D eigenvalue weighted by Crippen LogP contribution is -2.29. The molecule has 1 unspecified atom stereocenters. The van der Waals surface area contributed by atoms with E-state index in [1.54, 1.807) is 0 Å². The number of nitrogens with two attached hydrogens (primary N) is 1. The lowest BCUT2D eigenvalue weighted by Gasteiger charge is -2.24. The highest BCUT2D eigenvalue weighted by molar-refractivity contribution is 5.23. The number of unbranched alkanes of at least 4 members (excludes halogenated alkanes) is 2. The van der Waals surface area contributed by atoms with E-state index in [0.29, 0.717) is 0 Å². The maximum atomic E-state index is 6.32. The van der Waals surface area contributed by atoms with Crippen LogP contribution >= 0.6 is 0 Å². The Morgan fingerprint density at radius 3 is 2.00 bits per heavy atom. The minimum atomic E-state index is 0.168. The van der Waals surface area contributed by atoms with Crippen molar-refractivity contribution in [1.82, 2.24) is 4.90 Å². The van der Waals surface area contributed by atoms with Crippen molar-refractivity contribution in [2.75, 3.05) is 19.6 Å². The first-order valence-electron chi connectivity index (χ1n) is 8.21. The molecule has 2 heteroatoms. The van der Waals surface area contributed by atoms with Crippen LogP contribution in [-0.4, -0.2) is 24.5 Å². The molecule has 0 aromatic heterocycles. The van der Waals surface area contributed by atoms with E-state index in [9.17, 15) is 0 Å². The topological polar surface area (TPSA) is 29.3 Å². The van der Waals surface area contributed by atoms with Gasteiger partial charge in [-0.05, 0) is 51.4 Å². The van der Waals surface area contributed by atoms with E-state index in [0.717, 1.165) is 13.0 Å². The summed E-state index contributed by atoms with van der Waals surface area (Å²) in [5.74, 6) is 0. The zero-order chi connectivity index (χ0) is 14.8. The molecule has 0 aliphatic heterocycles. The van der Waals surface area contributed by atoms with Gasteiger partial charge in [0.05, 0.1) is 0 Å². The van der Waals surface area contributed by atoms with Gasteiger partial charge in [-0.25, -0.2) is 0 Å². The Hall–Kier alpha value is -0.860. The molecule has 0 fully saturated rings. The van der Waals surface area contributed by atoms with E-state index < -0.39 is 0 Å². The molecule has 0 aliphatic rings. The minimum Gasteiger partial charge on any atom is -0.324 e. The number of hydrogen-bond donors (Lipinski definition) is 1. The fourth-order valence-corrected chi connectivity index (χ4v) is 2.40. The standard InChI is InChI=1S/C18H32N2/c1-4-6-13-20(14-7-5-2)15-12-18(19)17-10-8-16(3)9-11-17/h8-11,18H,4-7,12-15,19H2,1-3H3. The Bertz CT molecular complexity index is 337. The molecule has 20 heavy (non-hydrogen) atoms. The van der Waals surface area contributed by atoms with Crippen molar-refractivity contribution in [2.45, 2.75) is 58.9 Å². The molecule has 0 bridgehead atoms. The molecule has 1 aromatic rings. The van der Waals surface area contributed by atoms with Gasteiger partial charge in [-0.1, -0.05) is 56.5 Å². The number of aryl methyl sites for hydroxylation is 1. The molecular formula is C18H32N2. The summed E-state index contributed by atoms with van der Waals surface area (Å²) >= 11 is 0. The van der Waals surface area contributed by atoms with Gasteiger partial charge in [0.15, 0.2) is 0 Å². The van der Waals surface area contributed by atoms with Crippen LogP contribution < -0.4 is 5.73 Å². The highest BCUT2D eigenvalue weighted by Gasteiger charge is 2.09. The van der Waals surface area contributed by atoms with Crippen LogP contribution in [0.2, 0.25) is 0 Å². The number of hydrogen-bond acceptors (Lipinski definition) is 2. The van der Waals surface area contributed by atoms with Gasteiger partial charge in [0.1, 0.15) is 0 Å². The normalized spacial score (nSPS) is 12.8. The van der Waals surface area contributed by atoms with Crippen molar-refractivity contribution in [1.29, 1.82) is 0 Å². The fraction of sp³-hybridized carbons (Fsp3) is 0.667.